The zero-order valence-electron chi connectivity index (χ0n) is 14.3. The molecule has 3 aromatic rings. The fourth-order valence-corrected chi connectivity index (χ4v) is 2.60. The standard InChI is InChI=1S/C19H14ClN3O5/c20-13-5-8-15(16(10-13)23(26)27)18(24)21-11-12-3-6-14(7-4-12)22-19(25)17-2-1-9-28-17/h1-10H,11H2,(H,21,24)(H,22,25). The first-order chi connectivity index (χ1) is 13.4. The Morgan fingerprint density at radius 2 is 1.82 bits per heavy atom. The van der Waals surface area contributed by atoms with Crippen LogP contribution in [0.1, 0.15) is 26.5 Å². The molecule has 2 amide bonds. The smallest absolute Gasteiger partial charge is 0.291 e. The zero-order valence-corrected chi connectivity index (χ0v) is 15.1. The Kier molecular flexibility index (Phi) is 5.71. The maximum absolute atomic E-state index is 12.3. The molecule has 9 heteroatoms. The van der Waals surface area contributed by atoms with Gasteiger partial charge in [0.25, 0.3) is 17.5 Å². The molecule has 0 aliphatic heterocycles. The van der Waals surface area contributed by atoms with Crippen LogP contribution in [0.3, 0.4) is 0 Å². The summed E-state index contributed by atoms with van der Waals surface area (Å²) < 4.78 is 5.02. The van der Waals surface area contributed by atoms with Crippen LogP contribution in [0.4, 0.5) is 11.4 Å². The average Bonchev–Trinajstić information content (AvgIpc) is 3.22. The number of furan rings is 1. The van der Waals surface area contributed by atoms with E-state index in [2.05, 4.69) is 10.6 Å². The molecule has 0 spiro atoms. The van der Waals surface area contributed by atoms with Crippen LogP contribution in [0, 0.1) is 10.1 Å². The van der Waals surface area contributed by atoms with Gasteiger partial charge < -0.3 is 15.1 Å². The fraction of sp³-hybridized carbons (Fsp3) is 0.0526. The summed E-state index contributed by atoms with van der Waals surface area (Å²) in [7, 11) is 0. The normalized spacial score (nSPS) is 10.3. The highest BCUT2D eigenvalue weighted by molar-refractivity contribution is 6.31. The number of nitro benzene ring substituents is 1. The zero-order chi connectivity index (χ0) is 20.1. The lowest BCUT2D eigenvalue weighted by molar-refractivity contribution is -0.385. The molecule has 2 aromatic carbocycles. The Morgan fingerprint density at radius 1 is 1.07 bits per heavy atom. The maximum atomic E-state index is 12.3. The van der Waals surface area contributed by atoms with Crippen LogP contribution in [0.15, 0.2) is 65.3 Å². The van der Waals surface area contributed by atoms with Crippen molar-refractivity contribution in [1.82, 2.24) is 5.32 Å². The first-order valence-corrected chi connectivity index (χ1v) is 8.48. The molecule has 3 rings (SSSR count). The molecule has 1 heterocycles. The molecule has 0 aliphatic carbocycles. The van der Waals surface area contributed by atoms with Crippen molar-refractivity contribution in [1.29, 1.82) is 0 Å². The Balaban J connectivity index is 1.61. The van der Waals surface area contributed by atoms with Crippen LogP contribution < -0.4 is 10.6 Å². The van der Waals surface area contributed by atoms with Crippen molar-refractivity contribution in [2.24, 2.45) is 0 Å². The SMILES string of the molecule is O=C(Nc1ccc(CNC(=O)c2ccc(Cl)cc2[N+](=O)[O-])cc1)c1ccco1. The van der Waals surface area contributed by atoms with Crippen LogP contribution in [-0.4, -0.2) is 16.7 Å². The predicted molar refractivity (Wildman–Crippen MR) is 102 cm³/mol. The quantitative estimate of drug-likeness (QED) is 0.479. The summed E-state index contributed by atoms with van der Waals surface area (Å²) in [5, 5.41) is 16.6. The summed E-state index contributed by atoms with van der Waals surface area (Å²) in [4.78, 5) is 34.6. The number of carbonyl (C=O) groups is 2. The van der Waals surface area contributed by atoms with Crippen LogP contribution in [0.2, 0.25) is 5.02 Å². The van der Waals surface area contributed by atoms with Gasteiger partial charge in [-0.3, -0.25) is 19.7 Å². The highest BCUT2D eigenvalue weighted by Gasteiger charge is 2.20. The summed E-state index contributed by atoms with van der Waals surface area (Å²) in [6.07, 6.45) is 1.41. The minimum absolute atomic E-state index is 0.0725. The van der Waals surface area contributed by atoms with Crippen molar-refractivity contribution in [2.75, 3.05) is 5.32 Å². The highest BCUT2D eigenvalue weighted by Crippen LogP contribution is 2.23. The van der Waals surface area contributed by atoms with E-state index in [1.165, 1.54) is 18.4 Å². The van der Waals surface area contributed by atoms with Crippen molar-refractivity contribution in [3.05, 3.63) is 92.9 Å². The minimum atomic E-state index is -0.655. The Bertz CT molecular complexity index is 1020. The average molecular weight is 400 g/mol. The lowest BCUT2D eigenvalue weighted by atomic mass is 10.1. The molecule has 0 saturated heterocycles. The number of halogens is 1. The Hall–Kier alpha value is -3.65. The van der Waals surface area contributed by atoms with Gasteiger partial charge in [0, 0.05) is 23.3 Å². The molecule has 1 aromatic heterocycles. The molecule has 0 radical (unpaired) electrons. The van der Waals surface area contributed by atoms with Gasteiger partial charge in [0.1, 0.15) is 5.56 Å². The number of nitrogens with zero attached hydrogens (tertiary/aromatic N) is 1. The number of benzene rings is 2. The molecular weight excluding hydrogens is 386 g/mol. The van der Waals surface area contributed by atoms with E-state index in [0.29, 0.717) is 5.69 Å². The molecule has 0 bridgehead atoms. The van der Waals surface area contributed by atoms with Gasteiger partial charge in [0.05, 0.1) is 11.2 Å². The molecule has 2 N–H and O–H groups in total. The van der Waals surface area contributed by atoms with E-state index < -0.39 is 10.8 Å². The Morgan fingerprint density at radius 3 is 2.46 bits per heavy atom. The number of nitro groups is 1. The van der Waals surface area contributed by atoms with E-state index in [-0.39, 0.29) is 34.5 Å². The van der Waals surface area contributed by atoms with E-state index in [4.69, 9.17) is 16.0 Å². The van der Waals surface area contributed by atoms with Crippen LogP contribution in [-0.2, 0) is 6.54 Å². The van der Waals surface area contributed by atoms with Crippen LogP contribution >= 0.6 is 11.6 Å². The third-order valence-corrected chi connectivity index (χ3v) is 4.05. The van der Waals surface area contributed by atoms with Crippen molar-refractivity contribution in [2.45, 2.75) is 6.54 Å². The summed E-state index contributed by atoms with van der Waals surface area (Å²) in [6.45, 7) is 0.158. The summed E-state index contributed by atoms with van der Waals surface area (Å²) in [5.41, 5.74) is 0.878. The van der Waals surface area contributed by atoms with E-state index in [1.54, 1.807) is 36.4 Å². The van der Waals surface area contributed by atoms with Crippen LogP contribution in [0.25, 0.3) is 0 Å². The second-order valence-corrected chi connectivity index (χ2v) is 6.17. The van der Waals surface area contributed by atoms with E-state index in [9.17, 15) is 19.7 Å². The van der Waals surface area contributed by atoms with E-state index in [1.807, 2.05) is 0 Å². The number of hydrogen-bond acceptors (Lipinski definition) is 5. The van der Waals surface area contributed by atoms with Gasteiger partial charge in [0.15, 0.2) is 5.76 Å². The number of nitrogens with one attached hydrogen (secondary N) is 2. The van der Waals surface area contributed by atoms with Gasteiger partial charge >= 0.3 is 0 Å². The maximum Gasteiger partial charge on any atom is 0.291 e. The first-order valence-electron chi connectivity index (χ1n) is 8.10. The van der Waals surface area contributed by atoms with Gasteiger partial charge in [0.2, 0.25) is 0 Å². The number of hydrogen-bond donors (Lipinski definition) is 2. The number of rotatable bonds is 6. The molecule has 8 nitrogen and oxygen atoms in total. The molecule has 0 atom stereocenters. The molecular formula is C19H14ClN3O5. The summed E-state index contributed by atoms with van der Waals surface area (Å²) in [5.74, 6) is -0.763. The predicted octanol–water partition coefficient (Wildman–Crippen LogP) is 4.02. The van der Waals surface area contributed by atoms with Gasteiger partial charge in [-0.2, -0.15) is 0 Å². The summed E-state index contributed by atoms with van der Waals surface area (Å²) >= 11 is 5.75. The lowest BCUT2D eigenvalue weighted by Gasteiger charge is -2.08. The van der Waals surface area contributed by atoms with Crippen molar-refractivity contribution < 1.29 is 18.9 Å². The van der Waals surface area contributed by atoms with Gasteiger partial charge in [-0.1, -0.05) is 23.7 Å². The van der Waals surface area contributed by atoms with Crippen molar-refractivity contribution >= 4 is 34.8 Å². The first kappa shape index (κ1) is 19.1. The fourth-order valence-electron chi connectivity index (χ4n) is 2.43. The largest absolute Gasteiger partial charge is 0.459 e. The summed E-state index contributed by atoms with van der Waals surface area (Å²) in [6, 6.07) is 13.8. The topological polar surface area (TPSA) is 114 Å². The lowest BCUT2D eigenvalue weighted by Crippen LogP contribution is -2.23. The molecule has 0 fully saturated rings. The van der Waals surface area contributed by atoms with Gasteiger partial charge in [-0.05, 0) is 42.0 Å². The molecule has 142 valence electrons. The Labute approximate surface area is 164 Å². The molecule has 0 unspecified atom stereocenters. The molecule has 0 aliphatic rings. The highest BCUT2D eigenvalue weighted by atomic mass is 35.5. The second-order valence-electron chi connectivity index (χ2n) is 5.73. The van der Waals surface area contributed by atoms with Crippen LogP contribution in [0.5, 0.6) is 0 Å². The van der Waals surface area contributed by atoms with Crippen molar-refractivity contribution in [3.63, 3.8) is 0 Å². The third-order valence-electron chi connectivity index (χ3n) is 3.81. The molecule has 0 saturated carbocycles. The second kappa shape index (κ2) is 8.36. The monoisotopic (exact) mass is 399 g/mol. The van der Waals surface area contributed by atoms with E-state index in [0.717, 1.165) is 11.6 Å². The van der Waals surface area contributed by atoms with Crippen molar-refractivity contribution in [3.8, 4) is 0 Å². The minimum Gasteiger partial charge on any atom is -0.459 e. The number of anilines is 1. The van der Waals surface area contributed by atoms with E-state index >= 15 is 0 Å². The van der Waals surface area contributed by atoms with Gasteiger partial charge in [-0.15, -0.1) is 0 Å². The number of carbonyl (C=O) groups excluding carboxylic acids is 2. The molecule has 28 heavy (non-hydrogen) atoms. The number of amides is 2. The van der Waals surface area contributed by atoms with Gasteiger partial charge in [-0.25, -0.2) is 0 Å². The third kappa shape index (κ3) is 4.54.